The topological polar surface area (TPSA) is 79.8 Å². The van der Waals surface area contributed by atoms with Crippen molar-refractivity contribution in [3.63, 3.8) is 0 Å². The molecule has 2 aromatic rings. The third-order valence-corrected chi connectivity index (χ3v) is 6.57. The van der Waals surface area contributed by atoms with Crippen LogP contribution in [0.4, 0.5) is 4.39 Å². The highest BCUT2D eigenvalue weighted by atomic mass is 32.2. The minimum Gasteiger partial charge on any atom is -0.376 e. The number of fused-ring (bicyclic) bond motifs is 2. The first-order valence-electron chi connectivity index (χ1n) is 7.91. The van der Waals surface area contributed by atoms with Crippen LogP contribution in [0.2, 0.25) is 0 Å². The highest BCUT2D eigenvalue weighted by Crippen LogP contribution is 2.31. The van der Waals surface area contributed by atoms with Crippen molar-refractivity contribution in [2.45, 2.75) is 17.5 Å². The van der Waals surface area contributed by atoms with Gasteiger partial charge in [-0.15, -0.1) is 0 Å². The van der Waals surface area contributed by atoms with Crippen molar-refractivity contribution in [1.29, 1.82) is 0 Å². The molecule has 1 aromatic heterocycles. The van der Waals surface area contributed by atoms with Gasteiger partial charge in [-0.05, 0) is 18.2 Å². The summed E-state index contributed by atoms with van der Waals surface area (Å²) in [5.74, 6) is -0.605. The molecule has 0 saturated carbocycles. The highest BCUT2D eigenvalue weighted by Gasteiger charge is 2.43. The van der Waals surface area contributed by atoms with Gasteiger partial charge >= 0.3 is 0 Å². The molecule has 0 spiro atoms. The standard InChI is InChI=1S/C16H16FN3O4S/c17-13-1-2-14(11-3-5-18-9-12(11)13)25(22,23)20-6-4-16(21)19-7-8-24-10-15(19)20/h1-3,5,9,15H,4,6-8,10H2. The van der Waals surface area contributed by atoms with Crippen LogP contribution in [0.15, 0.2) is 35.5 Å². The first-order valence-corrected chi connectivity index (χ1v) is 9.35. The van der Waals surface area contributed by atoms with E-state index in [1.54, 1.807) is 0 Å². The van der Waals surface area contributed by atoms with Gasteiger partial charge < -0.3 is 9.64 Å². The molecule has 1 amide bonds. The van der Waals surface area contributed by atoms with Crippen LogP contribution in [-0.4, -0.2) is 61.0 Å². The molecule has 132 valence electrons. The Kier molecular flexibility index (Phi) is 3.94. The lowest BCUT2D eigenvalue weighted by molar-refractivity contribution is -0.151. The number of benzene rings is 1. The first-order chi connectivity index (χ1) is 12.0. The van der Waals surface area contributed by atoms with Gasteiger partial charge in [0, 0.05) is 42.7 Å². The quantitative estimate of drug-likeness (QED) is 0.792. The Balaban J connectivity index is 1.82. The maximum Gasteiger partial charge on any atom is 0.245 e. The maximum absolute atomic E-state index is 14.0. The van der Waals surface area contributed by atoms with Gasteiger partial charge in [0.15, 0.2) is 0 Å². The largest absolute Gasteiger partial charge is 0.376 e. The van der Waals surface area contributed by atoms with Crippen molar-refractivity contribution in [3.05, 3.63) is 36.4 Å². The molecule has 1 aromatic carbocycles. The normalized spacial score (nSPS) is 22.2. The van der Waals surface area contributed by atoms with E-state index in [2.05, 4.69) is 4.98 Å². The lowest BCUT2D eigenvalue weighted by Gasteiger charge is -2.45. The monoisotopic (exact) mass is 365 g/mol. The molecule has 2 saturated heterocycles. The van der Waals surface area contributed by atoms with Crippen molar-refractivity contribution >= 4 is 26.7 Å². The third-order valence-electron chi connectivity index (χ3n) is 4.61. The Bertz CT molecular complexity index is 950. The molecule has 0 radical (unpaired) electrons. The molecule has 9 heteroatoms. The molecule has 2 fully saturated rings. The molecule has 7 nitrogen and oxygen atoms in total. The highest BCUT2D eigenvalue weighted by molar-refractivity contribution is 7.89. The van der Waals surface area contributed by atoms with Crippen LogP contribution in [0, 0.1) is 5.82 Å². The van der Waals surface area contributed by atoms with Gasteiger partial charge in [-0.25, -0.2) is 12.8 Å². The molecule has 1 atom stereocenters. The minimum absolute atomic E-state index is 0.00572. The minimum atomic E-state index is -3.93. The van der Waals surface area contributed by atoms with Crippen LogP contribution in [0.1, 0.15) is 6.42 Å². The fraction of sp³-hybridized carbons (Fsp3) is 0.375. The van der Waals surface area contributed by atoms with Crippen molar-refractivity contribution in [2.75, 3.05) is 26.3 Å². The summed E-state index contributed by atoms with van der Waals surface area (Å²) in [6.45, 7) is 0.964. The van der Waals surface area contributed by atoms with Crippen LogP contribution < -0.4 is 0 Å². The summed E-state index contributed by atoms with van der Waals surface area (Å²) in [7, 11) is -3.93. The van der Waals surface area contributed by atoms with E-state index in [4.69, 9.17) is 4.74 Å². The van der Waals surface area contributed by atoms with Crippen molar-refractivity contribution in [2.24, 2.45) is 0 Å². The van der Waals surface area contributed by atoms with E-state index in [-0.39, 0.29) is 41.1 Å². The molecular weight excluding hydrogens is 349 g/mol. The van der Waals surface area contributed by atoms with E-state index in [1.807, 2.05) is 0 Å². The average molecular weight is 365 g/mol. The second-order valence-corrected chi connectivity index (χ2v) is 7.83. The van der Waals surface area contributed by atoms with E-state index in [0.717, 1.165) is 6.07 Å². The third kappa shape index (κ3) is 2.59. The molecule has 0 N–H and O–H groups in total. The molecule has 1 unspecified atom stereocenters. The molecule has 3 heterocycles. The zero-order valence-electron chi connectivity index (χ0n) is 13.3. The number of halogens is 1. The van der Waals surface area contributed by atoms with E-state index < -0.39 is 22.0 Å². The second-order valence-electron chi connectivity index (χ2n) is 5.98. The van der Waals surface area contributed by atoms with Gasteiger partial charge in [-0.2, -0.15) is 4.31 Å². The van der Waals surface area contributed by atoms with Crippen molar-refractivity contribution < 1.29 is 22.3 Å². The van der Waals surface area contributed by atoms with Crippen LogP contribution in [0.25, 0.3) is 10.8 Å². The average Bonchev–Trinajstić information content (AvgIpc) is 2.62. The molecule has 0 bridgehead atoms. The molecule has 2 aliphatic heterocycles. The van der Waals surface area contributed by atoms with E-state index in [9.17, 15) is 17.6 Å². The van der Waals surface area contributed by atoms with E-state index >= 15 is 0 Å². The predicted molar refractivity (Wildman–Crippen MR) is 86.5 cm³/mol. The summed E-state index contributed by atoms with van der Waals surface area (Å²) in [5.41, 5.74) is 0. The lowest BCUT2D eigenvalue weighted by atomic mass is 10.2. The summed E-state index contributed by atoms with van der Waals surface area (Å²) in [4.78, 5) is 17.5. The Morgan fingerprint density at radius 1 is 1.20 bits per heavy atom. The summed E-state index contributed by atoms with van der Waals surface area (Å²) >= 11 is 0. The number of morpholine rings is 1. The molecule has 25 heavy (non-hydrogen) atoms. The number of pyridine rings is 1. The predicted octanol–water partition coefficient (Wildman–Crippen LogP) is 0.953. The summed E-state index contributed by atoms with van der Waals surface area (Å²) in [5, 5.41) is 0.420. The van der Waals surface area contributed by atoms with Crippen LogP contribution in [0.3, 0.4) is 0 Å². The molecule has 4 rings (SSSR count). The summed E-state index contributed by atoms with van der Waals surface area (Å²) in [6.07, 6.45) is 2.19. The molecule has 2 aliphatic rings. The first kappa shape index (κ1) is 16.4. The van der Waals surface area contributed by atoms with Gasteiger partial charge in [-0.3, -0.25) is 9.78 Å². The fourth-order valence-electron chi connectivity index (χ4n) is 3.38. The van der Waals surface area contributed by atoms with Gasteiger partial charge in [0.25, 0.3) is 0 Å². The molecular formula is C16H16FN3O4S. The van der Waals surface area contributed by atoms with Crippen molar-refractivity contribution in [1.82, 2.24) is 14.2 Å². The Labute approximate surface area is 144 Å². The Morgan fingerprint density at radius 2 is 2.04 bits per heavy atom. The Morgan fingerprint density at radius 3 is 2.88 bits per heavy atom. The number of carbonyl (C=O) groups is 1. The number of aromatic nitrogens is 1. The summed E-state index contributed by atoms with van der Waals surface area (Å²) < 4.78 is 47.2. The fourth-order valence-corrected chi connectivity index (χ4v) is 5.15. The number of hydrogen-bond donors (Lipinski definition) is 0. The number of nitrogens with zero attached hydrogens (tertiary/aromatic N) is 3. The number of rotatable bonds is 2. The maximum atomic E-state index is 14.0. The van der Waals surface area contributed by atoms with Gasteiger partial charge in [0.2, 0.25) is 15.9 Å². The van der Waals surface area contributed by atoms with Crippen molar-refractivity contribution in [3.8, 4) is 0 Å². The number of hydrogen-bond acceptors (Lipinski definition) is 5. The molecule has 0 aliphatic carbocycles. The van der Waals surface area contributed by atoms with Gasteiger partial charge in [0.1, 0.15) is 12.0 Å². The second kappa shape index (κ2) is 6.01. The smallest absolute Gasteiger partial charge is 0.245 e. The van der Waals surface area contributed by atoms with Crippen LogP contribution in [0.5, 0.6) is 0 Å². The van der Waals surface area contributed by atoms with Crippen LogP contribution >= 0.6 is 0 Å². The zero-order valence-corrected chi connectivity index (χ0v) is 14.1. The zero-order chi connectivity index (χ0) is 17.6. The lowest BCUT2D eigenvalue weighted by Crippen LogP contribution is -2.62. The van der Waals surface area contributed by atoms with E-state index in [1.165, 1.54) is 33.7 Å². The summed E-state index contributed by atoms with van der Waals surface area (Å²) in [6, 6.07) is 3.87. The van der Waals surface area contributed by atoms with Gasteiger partial charge in [-0.1, -0.05) is 0 Å². The van der Waals surface area contributed by atoms with E-state index in [0.29, 0.717) is 13.2 Å². The number of sulfonamides is 1. The SMILES string of the molecule is O=C1CCN(S(=O)(=O)c2ccc(F)c3cnccc23)C2COCCN12. The number of carbonyl (C=O) groups excluding carboxylic acids is 1. The number of amides is 1. The Hall–Kier alpha value is -2.10. The number of ether oxygens (including phenoxy) is 1. The van der Waals surface area contributed by atoms with Crippen LogP contribution in [-0.2, 0) is 19.6 Å². The van der Waals surface area contributed by atoms with Gasteiger partial charge in [0.05, 0.1) is 18.1 Å².